The summed E-state index contributed by atoms with van der Waals surface area (Å²) in [5.74, 6) is -1.13. The van der Waals surface area contributed by atoms with Gasteiger partial charge in [0.25, 0.3) is 0 Å². The van der Waals surface area contributed by atoms with Gasteiger partial charge in [-0.2, -0.15) is 0 Å². The maximum Gasteiger partial charge on any atom is 0.335 e. The molecule has 0 radical (unpaired) electrons. The first kappa shape index (κ1) is 15.4. The van der Waals surface area contributed by atoms with Crippen LogP contribution in [0, 0.1) is 0 Å². The number of allylic oxidation sites excluding steroid dienone is 1. The van der Waals surface area contributed by atoms with Crippen LogP contribution in [-0.2, 0) is 14.3 Å². The summed E-state index contributed by atoms with van der Waals surface area (Å²) < 4.78 is 4.51. The van der Waals surface area contributed by atoms with Crippen LogP contribution in [0.3, 0.4) is 0 Å². The minimum Gasteiger partial charge on any atom is -0.481 e. The summed E-state index contributed by atoms with van der Waals surface area (Å²) in [5.41, 5.74) is 0. The van der Waals surface area contributed by atoms with Crippen LogP contribution < -0.4 is 0 Å². The van der Waals surface area contributed by atoms with Crippen LogP contribution in [0.15, 0.2) is 25.0 Å². The van der Waals surface area contributed by atoms with Crippen LogP contribution in [0.1, 0.15) is 44.9 Å². The van der Waals surface area contributed by atoms with E-state index in [1.165, 1.54) is 6.08 Å². The number of hydrogen-bond donors (Lipinski definition) is 1. The third-order valence-electron chi connectivity index (χ3n) is 2.21. The molecular formula is C13H20O4. The predicted molar refractivity (Wildman–Crippen MR) is 65.4 cm³/mol. The van der Waals surface area contributed by atoms with Crippen molar-refractivity contribution >= 4 is 11.9 Å². The van der Waals surface area contributed by atoms with E-state index < -0.39 is 11.9 Å². The molecule has 0 aromatic rings. The number of rotatable bonds is 10. The molecule has 0 amide bonds. The average Bonchev–Trinajstić information content (AvgIpc) is 2.27. The first-order chi connectivity index (χ1) is 8.16. The molecule has 0 rings (SSSR count). The van der Waals surface area contributed by atoms with Crippen molar-refractivity contribution in [2.75, 3.05) is 0 Å². The zero-order valence-electron chi connectivity index (χ0n) is 10.1. The lowest BCUT2D eigenvalue weighted by Crippen LogP contribution is -1.93. The average molecular weight is 240 g/mol. The van der Waals surface area contributed by atoms with Crippen LogP contribution in [0.5, 0.6) is 0 Å². The molecule has 0 atom stereocenters. The summed E-state index contributed by atoms with van der Waals surface area (Å²) in [4.78, 5) is 21.1. The second kappa shape index (κ2) is 10.9. The largest absolute Gasteiger partial charge is 0.481 e. The zero-order valence-corrected chi connectivity index (χ0v) is 10.1. The van der Waals surface area contributed by atoms with Gasteiger partial charge >= 0.3 is 11.9 Å². The fourth-order valence-corrected chi connectivity index (χ4v) is 1.37. The van der Waals surface area contributed by atoms with Crippen molar-refractivity contribution < 1.29 is 19.4 Å². The minimum atomic E-state index is -0.728. The Morgan fingerprint density at radius 2 is 1.76 bits per heavy atom. The monoisotopic (exact) mass is 240 g/mol. The molecule has 0 aromatic heterocycles. The van der Waals surface area contributed by atoms with E-state index in [0.717, 1.165) is 44.8 Å². The number of aliphatic carboxylic acids is 1. The molecule has 4 heteroatoms. The highest BCUT2D eigenvalue weighted by Crippen LogP contribution is 2.07. The summed E-state index contributed by atoms with van der Waals surface area (Å²) in [6.07, 6.45) is 10.2. The van der Waals surface area contributed by atoms with Crippen molar-refractivity contribution in [1.82, 2.24) is 0 Å². The number of ether oxygens (including phenoxy) is 1. The summed E-state index contributed by atoms with van der Waals surface area (Å²) in [6.45, 7) is 3.28. The highest BCUT2D eigenvalue weighted by Gasteiger charge is 1.96. The van der Waals surface area contributed by atoms with Crippen LogP contribution in [-0.4, -0.2) is 17.0 Å². The van der Waals surface area contributed by atoms with E-state index in [1.54, 1.807) is 6.08 Å². The standard InChI is InChI=1S/C13H20O4/c1-2-17-13(16)11-9-7-5-3-4-6-8-10-12(14)15/h2,9,11H,1,3-8,10H2,(H,14,15). The smallest absolute Gasteiger partial charge is 0.335 e. The molecule has 0 aliphatic carbocycles. The van der Waals surface area contributed by atoms with E-state index in [4.69, 9.17) is 5.11 Å². The van der Waals surface area contributed by atoms with Gasteiger partial charge < -0.3 is 9.84 Å². The molecule has 0 spiro atoms. The van der Waals surface area contributed by atoms with Crippen LogP contribution in [0.4, 0.5) is 0 Å². The summed E-state index contributed by atoms with van der Waals surface area (Å²) in [5, 5.41) is 8.42. The molecule has 0 aliphatic rings. The van der Waals surface area contributed by atoms with Gasteiger partial charge in [-0.15, -0.1) is 0 Å². The van der Waals surface area contributed by atoms with Gasteiger partial charge in [0.1, 0.15) is 0 Å². The van der Waals surface area contributed by atoms with E-state index in [1.807, 2.05) is 0 Å². The lowest BCUT2D eigenvalue weighted by molar-refractivity contribution is -0.137. The summed E-state index contributed by atoms with van der Waals surface area (Å²) in [7, 11) is 0. The SMILES string of the molecule is C=COC(=O)C=CCCCCCCCC(=O)O. The molecule has 0 heterocycles. The normalized spacial score (nSPS) is 10.4. The van der Waals surface area contributed by atoms with E-state index >= 15 is 0 Å². The van der Waals surface area contributed by atoms with Crippen molar-refractivity contribution in [3.63, 3.8) is 0 Å². The van der Waals surface area contributed by atoms with Crippen LogP contribution in [0.25, 0.3) is 0 Å². The van der Waals surface area contributed by atoms with Gasteiger partial charge in [0, 0.05) is 12.5 Å². The Bertz CT molecular complexity index is 269. The highest BCUT2D eigenvalue weighted by atomic mass is 16.5. The van der Waals surface area contributed by atoms with Gasteiger partial charge in [-0.25, -0.2) is 4.79 Å². The summed E-state index contributed by atoms with van der Waals surface area (Å²) in [6, 6.07) is 0. The zero-order chi connectivity index (χ0) is 12.9. The Labute approximate surface area is 102 Å². The molecule has 0 aromatic carbocycles. The molecule has 1 N–H and O–H groups in total. The second-order valence-corrected chi connectivity index (χ2v) is 3.71. The van der Waals surface area contributed by atoms with Gasteiger partial charge in [0.15, 0.2) is 0 Å². The number of carboxylic acid groups (broad SMARTS) is 1. The number of carboxylic acids is 1. The maximum absolute atomic E-state index is 10.8. The van der Waals surface area contributed by atoms with E-state index in [9.17, 15) is 9.59 Å². The molecule has 0 bridgehead atoms. The third kappa shape index (κ3) is 12.4. The number of carbonyl (C=O) groups is 2. The Balaban J connectivity index is 3.26. The van der Waals surface area contributed by atoms with E-state index in [0.29, 0.717) is 0 Å². The van der Waals surface area contributed by atoms with E-state index in [2.05, 4.69) is 11.3 Å². The van der Waals surface area contributed by atoms with Crippen LogP contribution >= 0.6 is 0 Å². The number of unbranched alkanes of at least 4 members (excludes halogenated alkanes) is 5. The molecule has 17 heavy (non-hydrogen) atoms. The van der Waals surface area contributed by atoms with Gasteiger partial charge in [0.2, 0.25) is 0 Å². The second-order valence-electron chi connectivity index (χ2n) is 3.71. The highest BCUT2D eigenvalue weighted by molar-refractivity contribution is 5.82. The Morgan fingerprint density at radius 3 is 2.41 bits per heavy atom. The molecule has 0 saturated heterocycles. The van der Waals surface area contributed by atoms with Gasteiger partial charge in [-0.3, -0.25) is 4.79 Å². The molecule has 4 nitrogen and oxygen atoms in total. The van der Waals surface area contributed by atoms with Crippen molar-refractivity contribution in [2.24, 2.45) is 0 Å². The fraction of sp³-hybridized carbons (Fsp3) is 0.538. The Hall–Kier alpha value is -1.58. The lowest BCUT2D eigenvalue weighted by atomic mass is 10.1. The molecule has 96 valence electrons. The first-order valence-corrected chi connectivity index (χ1v) is 5.86. The molecular weight excluding hydrogens is 220 g/mol. The van der Waals surface area contributed by atoms with Crippen molar-refractivity contribution in [1.29, 1.82) is 0 Å². The quantitative estimate of drug-likeness (QED) is 0.276. The Kier molecular flexibility index (Phi) is 9.91. The van der Waals surface area contributed by atoms with Gasteiger partial charge in [0.05, 0.1) is 6.26 Å². The van der Waals surface area contributed by atoms with Crippen molar-refractivity contribution in [3.05, 3.63) is 25.0 Å². The summed E-state index contributed by atoms with van der Waals surface area (Å²) >= 11 is 0. The lowest BCUT2D eigenvalue weighted by Gasteiger charge is -1.98. The number of esters is 1. The van der Waals surface area contributed by atoms with Crippen LogP contribution in [0.2, 0.25) is 0 Å². The minimum absolute atomic E-state index is 0.257. The Morgan fingerprint density at radius 1 is 1.12 bits per heavy atom. The first-order valence-electron chi connectivity index (χ1n) is 5.86. The van der Waals surface area contributed by atoms with Gasteiger partial charge in [-0.1, -0.05) is 31.9 Å². The molecule has 0 unspecified atom stereocenters. The predicted octanol–water partition coefficient (Wildman–Crippen LogP) is 3.04. The number of carbonyl (C=O) groups excluding carboxylic acids is 1. The van der Waals surface area contributed by atoms with E-state index in [-0.39, 0.29) is 6.42 Å². The third-order valence-corrected chi connectivity index (χ3v) is 2.21. The molecule has 0 aliphatic heterocycles. The van der Waals surface area contributed by atoms with Gasteiger partial charge in [-0.05, 0) is 19.3 Å². The van der Waals surface area contributed by atoms with Crippen molar-refractivity contribution in [3.8, 4) is 0 Å². The number of hydrogen-bond acceptors (Lipinski definition) is 3. The maximum atomic E-state index is 10.8. The molecule has 0 saturated carbocycles. The fourth-order valence-electron chi connectivity index (χ4n) is 1.37. The van der Waals surface area contributed by atoms with Crippen molar-refractivity contribution in [2.45, 2.75) is 44.9 Å². The molecule has 0 fully saturated rings. The topological polar surface area (TPSA) is 63.6 Å².